The lowest BCUT2D eigenvalue weighted by Gasteiger charge is -2.09. The summed E-state index contributed by atoms with van der Waals surface area (Å²) in [5.41, 5.74) is 0. The summed E-state index contributed by atoms with van der Waals surface area (Å²) < 4.78 is 10.8. The zero-order valence-corrected chi connectivity index (χ0v) is 6.91. The molecule has 0 atom stereocenters. The van der Waals surface area contributed by atoms with Gasteiger partial charge in [0.2, 0.25) is 0 Å². The van der Waals surface area contributed by atoms with Crippen molar-refractivity contribution in [3.8, 4) is 11.5 Å². The van der Waals surface area contributed by atoms with Crippen LogP contribution < -0.4 is 14.8 Å². The Morgan fingerprint density at radius 3 is 2.33 bits per heavy atom. The molecule has 0 radical (unpaired) electrons. The molecule has 64 valence electrons. The van der Waals surface area contributed by atoms with Gasteiger partial charge in [-0.1, -0.05) is 19.1 Å². The number of hydrogen-bond acceptors (Lipinski definition) is 3. The van der Waals surface area contributed by atoms with E-state index < -0.39 is 0 Å². The summed E-state index contributed by atoms with van der Waals surface area (Å²) in [6.45, 7) is 2.84. The summed E-state index contributed by atoms with van der Waals surface area (Å²) in [6, 6.07) is 7.65. The monoisotopic (exact) mass is 165 g/mol. The highest BCUT2D eigenvalue weighted by atomic mass is 16.7. The molecule has 1 aliphatic heterocycles. The normalized spacial score (nSPS) is 15.1. The van der Waals surface area contributed by atoms with Gasteiger partial charge in [-0.05, 0) is 18.7 Å². The number of fused-ring (bicyclic) bond motifs is 1. The summed E-state index contributed by atoms with van der Waals surface area (Å²) in [6.07, 6.45) is -0.313. The predicted octanol–water partition coefficient (Wildman–Crippen LogP) is 1.35. The van der Waals surface area contributed by atoms with Crippen molar-refractivity contribution in [3.05, 3.63) is 24.3 Å². The van der Waals surface area contributed by atoms with Gasteiger partial charge in [0.15, 0.2) is 11.5 Å². The zero-order valence-electron chi connectivity index (χ0n) is 6.91. The van der Waals surface area contributed by atoms with Crippen molar-refractivity contribution in [1.29, 1.82) is 0 Å². The molecular weight excluding hydrogens is 154 g/mol. The number of para-hydroxylation sites is 2. The maximum atomic E-state index is 5.41. The molecule has 0 saturated carbocycles. The van der Waals surface area contributed by atoms with Crippen LogP contribution in [0.2, 0.25) is 0 Å². The van der Waals surface area contributed by atoms with Crippen molar-refractivity contribution < 1.29 is 9.47 Å². The van der Waals surface area contributed by atoms with E-state index in [1.54, 1.807) is 0 Å². The van der Waals surface area contributed by atoms with E-state index in [9.17, 15) is 0 Å². The summed E-state index contributed by atoms with van der Waals surface area (Å²) in [4.78, 5) is 0. The Bertz CT molecular complexity index is 250. The minimum atomic E-state index is -0.313. The molecule has 0 amide bonds. The summed E-state index contributed by atoms with van der Waals surface area (Å²) in [5, 5.41) is 3.05. The molecule has 1 N–H and O–H groups in total. The smallest absolute Gasteiger partial charge is 0.302 e. The Morgan fingerprint density at radius 1 is 1.25 bits per heavy atom. The average molecular weight is 165 g/mol. The summed E-state index contributed by atoms with van der Waals surface area (Å²) in [7, 11) is 0. The Morgan fingerprint density at radius 2 is 1.83 bits per heavy atom. The van der Waals surface area contributed by atoms with Crippen LogP contribution in [0.4, 0.5) is 0 Å². The Kier molecular flexibility index (Phi) is 1.87. The Labute approximate surface area is 71.3 Å². The highest BCUT2D eigenvalue weighted by Crippen LogP contribution is 2.32. The Hall–Kier alpha value is -1.22. The molecule has 0 bridgehead atoms. The first-order chi connectivity index (χ1) is 5.90. The van der Waals surface area contributed by atoms with Crippen LogP contribution in [0.15, 0.2) is 24.3 Å². The number of ether oxygens (including phenoxy) is 2. The second-order valence-electron chi connectivity index (χ2n) is 2.57. The van der Waals surface area contributed by atoms with Gasteiger partial charge in [-0.2, -0.15) is 0 Å². The second kappa shape index (κ2) is 3.03. The molecule has 1 aliphatic rings. The number of rotatable bonds is 2. The fraction of sp³-hybridized carbons (Fsp3) is 0.333. The third-order valence-corrected chi connectivity index (χ3v) is 1.69. The van der Waals surface area contributed by atoms with Crippen LogP contribution >= 0.6 is 0 Å². The van der Waals surface area contributed by atoms with Crippen molar-refractivity contribution in [2.45, 2.75) is 13.3 Å². The minimum Gasteiger partial charge on any atom is -0.438 e. The molecule has 3 heteroatoms. The van der Waals surface area contributed by atoms with Gasteiger partial charge in [-0.3, -0.25) is 0 Å². The molecule has 12 heavy (non-hydrogen) atoms. The van der Waals surface area contributed by atoms with Crippen LogP contribution in [0.3, 0.4) is 0 Å². The molecule has 0 fully saturated rings. The molecule has 3 nitrogen and oxygen atoms in total. The van der Waals surface area contributed by atoms with Crippen molar-refractivity contribution in [1.82, 2.24) is 5.32 Å². The van der Waals surface area contributed by atoms with Crippen LogP contribution in [0.5, 0.6) is 11.5 Å². The van der Waals surface area contributed by atoms with Crippen LogP contribution in [0.25, 0.3) is 0 Å². The number of nitrogens with one attached hydrogen (secondary N) is 1. The third-order valence-electron chi connectivity index (χ3n) is 1.69. The van der Waals surface area contributed by atoms with Crippen LogP contribution in [-0.2, 0) is 0 Å². The maximum Gasteiger partial charge on any atom is 0.302 e. The van der Waals surface area contributed by atoms with Crippen LogP contribution in [-0.4, -0.2) is 13.0 Å². The van der Waals surface area contributed by atoms with E-state index in [-0.39, 0.29) is 6.41 Å². The number of benzene rings is 1. The fourth-order valence-electron chi connectivity index (χ4n) is 1.15. The van der Waals surface area contributed by atoms with E-state index in [0.29, 0.717) is 0 Å². The van der Waals surface area contributed by atoms with Gasteiger partial charge in [0, 0.05) is 0 Å². The van der Waals surface area contributed by atoms with E-state index in [0.717, 1.165) is 18.0 Å². The van der Waals surface area contributed by atoms with Crippen molar-refractivity contribution in [2.75, 3.05) is 6.54 Å². The lowest BCUT2D eigenvalue weighted by molar-refractivity contribution is 0.0200. The average Bonchev–Trinajstić information content (AvgIpc) is 2.47. The van der Waals surface area contributed by atoms with Gasteiger partial charge >= 0.3 is 6.41 Å². The lowest BCUT2D eigenvalue weighted by atomic mass is 10.3. The molecule has 0 saturated heterocycles. The standard InChI is InChI=1S/C9H11NO2/c1-2-10-9-11-7-5-3-4-6-8(7)12-9/h3-6,9-10H,2H2,1H3. The number of hydrogen-bond donors (Lipinski definition) is 1. The van der Waals surface area contributed by atoms with Gasteiger partial charge < -0.3 is 9.47 Å². The summed E-state index contributed by atoms with van der Waals surface area (Å²) in [5.74, 6) is 1.62. The molecule has 2 rings (SSSR count). The highest BCUT2D eigenvalue weighted by molar-refractivity contribution is 5.41. The molecule has 0 aromatic heterocycles. The predicted molar refractivity (Wildman–Crippen MR) is 45.2 cm³/mol. The molecule has 1 aromatic rings. The van der Waals surface area contributed by atoms with E-state index in [1.165, 1.54) is 0 Å². The van der Waals surface area contributed by atoms with Crippen molar-refractivity contribution in [3.63, 3.8) is 0 Å². The topological polar surface area (TPSA) is 30.5 Å². The molecular formula is C9H11NO2. The largest absolute Gasteiger partial charge is 0.438 e. The molecule has 0 unspecified atom stereocenters. The minimum absolute atomic E-state index is 0.313. The first-order valence-corrected chi connectivity index (χ1v) is 4.06. The molecule has 0 aliphatic carbocycles. The van der Waals surface area contributed by atoms with Gasteiger partial charge in [0.25, 0.3) is 0 Å². The molecule has 1 aromatic carbocycles. The first-order valence-electron chi connectivity index (χ1n) is 4.06. The van der Waals surface area contributed by atoms with E-state index in [1.807, 2.05) is 31.2 Å². The second-order valence-corrected chi connectivity index (χ2v) is 2.57. The Balaban J connectivity index is 2.11. The van der Waals surface area contributed by atoms with E-state index in [4.69, 9.17) is 9.47 Å². The molecule has 0 spiro atoms. The van der Waals surface area contributed by atoms with Gasteiger partial charge in [0.1, 0.15) is 0 Å². The van der Waals surface area contributed by atoms with Gasteiger partial charge in [-0.15, -0.1) is 0 Å². The third kappa shape index (κ3) is 1.23. The van der Waals surface area contributed by atoms with E-state index >= 15 is 0 Å². The first kappa shape index (κ1) is 7.43. The maximum absolute atomic E-state index is 5.41. The lowest BCUT2D eigenvalue weighted by Crippen LogP contribution is -2.35. The fourth-order valence-corrected chi connectivity index (χ4v) is 1.15. The van der Waals surface area contributed by atoms with Gasteiger partial charge in [0.05, 0.1) is 0 Å². The van der Waals surface area contributed by atoms with Crippen molar-refractivity contribution in [2.24, 2.45) is 0 Å². The SMILES string of the molecule is CCNC1Oc2ccccc2O1. The van der Waals surface area contributed by atoms with Crippen LogP contribution in [0.1, 0.15) is 6.92 Å². The van der Waals surface area contributed by atoms with Crippen molar-refractivity contribution >= 4 is 0 Å². The molecule has 1 heterocycles. The van der Waals surface area contributed by atoms with E-state index in [2.05, 4.69) is 5.32 Å². The van der Waals surface area contributed by atoms with Crippen LogP contribution in [0, 0.1) is 0 Å². The quantitative estimate of drug-likeness (QED) is 0.717. The van der Waals surface area contributed by atoms with Gasteiger partial charge in [-0.25, -0.2) is 5.32 Å². The zero-order chi connectivity index (χ0) is 8.39. The highest BCUT2D eigenvalue weighted by Gasteiger charge is 2.21. The summed E-state index contributed by atoms with van der Waals surface area (Å²) >= 11 is 0.